The SMILES string of the molecule is O=C(O)c1cn(-c2ccc(F)cc2F)c2c(F)c(N3CCCC3)c(F)cc2c1=O. The molecule has 0 bridgehead atoms. The number of aromatic nitrogens is 1. The summed E-state index contributed by atoms with van der Waals surface area (Å²) >= 11 is 0. The first-order valence-corrected chi connectivity index (χ1v) is 8.80. The Balaban J connectivity index is 2.15. The first-order chi connectivity index (χ1) is 13.8. The lowest BCUT2D eigenvalue weighted by Gasteiger charge is -2.22. The molecule has 0 aliphatic carbocycles. The van der Waals surface area contributed by atoms with Gasteiger partial charge in [0.25, 0.3) is 0 Å². The quantitative estimate of drug-likeness (QED) is 0.672. The van der Waals surface area contributed by atoms with Crippen LogP contribution in [0.4, 0.5) is 23.2 Å². The molecule has 0 saturated carbocycles. The summed E-state index contributed by atoms with van der Waals surface area (Å²) in [5.41, 5.74) is -3.12. The molecule has 1 aliphatic rings. The Bertz CT molecular complexity index is 1220. The van der Waals surface area contributed by atoms with Gasteiger partial charge in [-0.2, -0.15) is 0 Å². The van der Waals surface area contributed by atoms with Gasteiger partial charge in [-0.15, -0.1) is 0 Å². The van der Waals surface area contributed by atoms with Gasteiger partial charge in [-0.25, -0.2) is 22.4 Å². The van der Waals surface area contributed by atoms with Crippen molar-refractivity contribution >= 4 is 22.6 Å². The van der Waals surface area contributed by atoms with Crippen LogP contribution >= 0.6 is 0 Å². The van der Waals surface area contributed by atoms with E-state index in [-0.39, 0.29) is 11.4 Å². The fraction of sp³-hybridized carbons (Fsp3) is 0.200. The van der Waals surface area contributed by atoms with Gasteiger partial charge in [-0.05, 0) is 31.0 Å². The third-order valence-electron chi connectivity index (χ3n) is 4.98. The molecular weight excluding hydrogens is 392 g/mol. The van der Waals surface area contributed by atoms with Gasteiger partial charge in [0.2, 0.25) is 5.43 Å². The third kappa shape index (κ3) is 3.02. The molecule has 2 aromatic carbocycles. The van der Waals surface area contributed by atoms with Gasteiger partial charge in [0.05, 0.1) is 16.6 Å². The van der Waals surface area contributed by atoms with E-state index in [1.807, 2.05) is 0 Å². The molecule has 5 nitrogen and oxygen atoms in total. The van der Waals surface area contributed by atoms with Crippen LogP contribution in [0.2, 0.25) is 0 Å². The average Bonchev–Trinajstić information content (AvgIpc) is 3.17. The predicted molar refractivity (Wildman–Crippen MR) is 97.8 cm³/mol. The van der Waals surface area contributed by atoms with Crippen LogP contribution < -0.4 is 10.3 Å². The van der Waals surface area contributed by atoms with Crippen molar-refractivity contribution in [2.75, 3.05) is 18.0 Å². The molecule has 0 amide bonds. The van der Waals surface area contributed by atoms with E-state index in [0.29, 0.717) is 19.2 Å². The molecule has 29 heavy (non-hydrogen) atoms. The number of carboxylic acid groups (broad SMARTS) is 1. The molecule has 2 heterocycles. The van der Waals surface area contributed by atoms with Crippen LogP contribution in [0.25, 0.3) is 16.6 Å². The molecule has 4 rings (SSSR count). The first kappa shape index (κ1) is 19.0. The maximum absolute atomic E-state index is 15.5. The van der Waals surface area contributed by atoms with Gasteiger partial charge in [-0.1, -0.05) is 0 Å². The maximum atomic E-state index is 15.5. The van der Waals surface area contributed by atoms with Crippen molar-refractivity contribution in [1.82, 2.24) is 4.57 Å². The smallest absolute Gasteiger partial charge is 0.341 e. The zero-order valence-electron chi connectivity index (χ0n) is 14.9. The Hall–Kier alpha value is -3.36. The van der Waals surface area contributed by atoms with Crippen molar-refractivity contribution in [2.24, 2.45) is 0 Å². The van der Waals surface area contributed by atoms with Crippen LogP contribution in [0.15, 0.2) is 35.3 Å². The lowest BCUT2D eigenvalue weighted by Crippen LogP contribution is -2.24. The molecule has 9 heteroatoms. The zero-order valence-corrected chi connectivity index (χ0v) is 14.9. The molecule has 1 N–H and O–H groups in total. The van der Waals surface area contributed by atoms with E-state index in [1.54, 1.807) is 0 Å². The van der Waals surface area contributed by atoms with Gasteiger partial charge in [0, 0.05) is 25.4 Å². The second-order valence-corrected chi connectivity index (χ2v) is 6.75. The number of hydrogen-bond acceptors (Lipinski definition) is 3. The van der Waals surface area contributed by atoms with Crippen molar-refractivity contribution in [3.8, 4) is 5.69 Å². The fourth-order valence-electron chi connectivity index (χ4n) is 3.65. The van der Waals surface area contributed by atoms with Crippen LogP contribution in [0.1, 0.15) is 23.2 Å². The van der Waals surface area contributed by atoms with Crippen LogP contribution in [0.3, 0.4) is 0 Å². The third-order valence-corrected chi connectivity index (χ3v) is 4.98. The maximum Gasteiger partial charge on any atom is 0.341 e. The predicted octanol–water partition coefficient (Wildman–Crippen LogP) is 3.85. The summed E-state index contributed by atoms with van der Waals surface area (Å²) in [5.74, 6) is -5.75. The highest BCUT2D eigenvalue weighted by molar-refractivity contribution is 5.94. The summed E-state index contributed by atoms with van der Waals surface area (Å²) in [6.07, 6.45) is 2.22. The molecule has 1 saturated heterocycles. The first-order valence-electron chi connectivity index (χ1n) is 8.80. The largest absolute Gasteiger partial charge is 0.477 e. The van der Waals surface area contributed by atoms with E-state index >= 15 is 4.39 Å². The number of pyridine rings is 1. The Labute approximate surface area is 161 Å². The van der Waals surface area contributed by atoms with Crippen LogP contribution in [0.5, 0.6) is 0 Å². The summed E-state index contributed by atoms with van der Waals surface area (Å²) in [4.78, 5) is 25.5. The van der Waals surface area contributed by atoms with Crippen LogP contribution in [0, 0.1) is 23.3 Å². The second-order valence-electron chi connectivity index (χ2n) is 6.75. The number of nitrogens with zero attached hydrogens (tertiary/aromatic N) is 2. The molecule has 0 atom stereocenters. The van der Waals surface area contributed by atoms with E-state index in [9.17, 15) is 27.9 Å². The summed E-state index contributed by atoms with van der Waals surface area (Å²) in [5, 5.41) is 8.76. The molecule has 1 aromatic heterocycles. The summed E-state index contributed by atoms with van der Waals surface area (Å²) in [7, 11) is 0. The number of carboxylic acids is 1. The van der Waals surface area contributed by atoms with E-state index in [0.717, 1.165) is 41.8 Å². The van der Waals surface area contributed by atoms with Crippen molar-refractivity contribution < 1.29 is 27.5 Å². The minimum atomic E-state index is -1.64. The normalized spacial score (nSPS) is 14.0. The molecule has 0 radical (unpaired) electrons. The molecule has 150 valence electrons. The summed E-state index contributed by atoms with van der Waals surface area (Å²) in [6.45, 7) is 0.809. The number of benzene rings is 2. The van der Waals surface area contributed by atoms with Gasteiger partial charge >= 0.3 is 5.97 Å². The summed E-state index contributed by atoms with van der Waals surface area (Å²) in [6, 6.07) is 3.20. The van der Waals surface area contributed by atoms with Gasteiger partial charge in [0.1, 0.15) is 28.7 Å². The number of halogens is 4. The number of rotatable bonds is 3. The van der Waals surface area contributed by atoms with Crippen LogP contribution in [-0.2, 0) is 0 Å². The highest BCUT2D eigenvalue weighted by Crippen LogP contribution is 2.33. The van der Waals surface area contributed by atoms with Gasteiger partial charge < -0.3 is 14.6 Å². The Morgan fingerprint density at radius 1 is 1.00 bits per heavy atom. The Morgan fingerprint density at radius 3 is 2.31 bits per heavy atom. The second kappa shape index (κ2) is 6.91. The Kier molecular flexibility index (Phi) is 4.52. The highest BCUT2D eigenvalue weighted by Gasteiger charge is 2.27. The number of aromatic carboxylic acids is 1. The van der Waals surface area contributed by atoms with Crippen molar-refractivity contribution in [1.29, 1.82) is 0 Å². The van der Waals surface area contributed by atoms with Gasteiger partial charge in [0.15, 0.2) is 5.82 Å². The molecule has 1 aliphatic heterocycles. The van der Waals surface area contributed by atoms with Gasteiger partial charge in [-0.3, -0.25) is 4.79 Å². The molecule has 0 unspecified atom stereocenters. The summed E-state index contributed by atoms with van der Waals surface area (Å²) < 4.78 is 58.7. The minimum absolute atomic E-state index is 0.367. The Morgan fingerprint density at radius 2 is 1.69 bits per heavy atom. The number of fused-ring (bicyclic) bond motifs is 1. The zero-order chi connectivity index (χ0) is 20.9. The van der Waals surface area contributed by atoms with Crippen LogP contribution in [-0.4, -0.2) is 28.7 Å². The van der Waals surface area contributed by atoms with E-state index in [1.165, 1.54) is 4.90 Å². The molecule has 0 spiro atoms. The number of hydrogen-bond donors (Lipinski definition) is 1. The fourth-order valence-corrected chi connectivity index (χ4v) is 3.65. The number of anilines is 1. The van der Waals surface area contributed by atoms with Crippen molar-refractivity contribution in [3.63, 3.8) is 0 Å². The van der Waals surface area contributed by atoms with E-state index in [2.05, 4.69) is 0 Å². The molecule has 1 fully saturated rings. The standard InChI is InChI=1S/C20H14F4N2O3/c21-10-3-4-15(13(22)7-10)26-9-12(20(28)29)19(27)11-8-14(23)18(16(24)17(11)26)25-5-1-2-6-25/h3-4,7-9H,1-2,5-6H2,(H,28,29). The monoisotopic (exact) mass is 406 g/mol. The average molecular weight is 406 g/mol. The number of carbonyl (C=O) groups is 1. The minimum Gasteiger partial charge on any atom is -0.477 e. The molecule has 3 aromatic rings. The highest BCUT2D eigenvalue weighted by atomic mass is 19.1. The van der Waals surface area contributed by atoms with E-state index < -0.39 is 51.1 Å². The topological polar surface area (TPSA) is 62.5 Å². The van der Waals surface area contributed by atoms with Crippen molar-refractivity contribution in [3.05, 3.63) is 69.5 Å². The van der Waals surface area contributed by atoms with E-state index in [4.69, 9.17) is 0 Å². The lowest BCUT2D eigenvalue weighted by molar-refractivity contribution is 0.0695. The molecular formula is C20H14F4N2O3. The lowest BCUT2D eigenvalue weighted by atomic mass is 10.1. The van der Waals surface area contributed by atoms with Crippen molar-refractivity contribution in [2.45, 2.75) is 12.8 Å².